The standard InChI is InChI=1S/C14H9N3O/c15-7-8-16-17-10-5-6-14-12(9-10)11-3-1-2-4-13(11)18-14/h1-6,8-9,17H/b16-8+. The van der Waals surface area contributed by atoms with Crippen LogP contribution in [0.1, 0.15) is 0 Å². The molecule has 0 aliphatic carbocycles. The Bertz CT molecular complexity index is 780. The van der Waals surface area contributed by atoms with E-state index in [4.69, 9.17) is 9.68 Å². The van der Waals surface area contributed by atoms with Crippen LogP contribution in [0.2, 0.25) is 0 Å². The van der Waals surface area contributed by atoms with Crippen LogP contribution in [0.4, 0.5) is 5.69 Å². The second-order valence-electron chi connectivity index (χ2n) is 3.81. The van der Waals surface area contributed by atoms with Crippen molar-refractivity contribution >= 4 is 33.8 Å². The highest BCUT2D eigenvalue weighted by molar-refractivity contribution is 6.05. The number of hydrogen-bond acceptors (Lipinski definition) is 4. The van der Waals surface area contributed by atoms with Crippen LogP contribution in [0.15, 0.2) is 52.0 Å². The van der Waals surface area contributed by atoms with E-state index in [1.54, 1.807) is 0 Å². The maximum Gasteiger partial charge on any atom is 0.135 e. The van der Waals surface area contributed by atoms with Gasteiger partial charge >= 0.3 is 0 Å². The molecule has 4 heteroatoms. The number of fused-ring (bicyclic) bond motifs is 3. The van der Waals surface area contributed by atoms with Crippen LogP contribution in [0.5, 0.6) is 0 Å². The normalized spacial score (nSPS) is 11.1. The molecule has 1 heterocycles. The molecule has 3 rings (SSSR count). The molecule has 2 aromatic carbocycles. The monoisotopic (exact) mass is 235 g/mol. The van der Waals surface area contributed by atoms with E-state index in [1.807, 2.05) is 48.5 Å². The molecule has 0 aliphatic heterocycles. The molecule has 0 saturated heterocycles. The van der Waals surface area contributed by atoms with Gasteiger partial charge in [0.15, 0.2) is 0 Å². The van der Waals surface area contributed by atoms with Gasteiger partial charge in [-0.05, 0) is 24.3 Å². The summed E-state index contributed by atoms with van der Waals surface area (Å²) in [4.78, 5) is 0. The Balaban J connectivity index is 2.13. The third-order valence-corrected chi connectivity index (χ3v) is 2.69. The van der Waals surface area contributed by atoms with Crippen LogP contribution >= 0.6 is 0 Å². The lowest BCUT2D eigenvalue weighted by Gasteiger charge is -1.98. The van der Waals surface area contributed by atoms with Crippen molar-refractivity contribution in [3.8, 4) is 6.07 Å². The predicted octanol–water partition coefficient (Wildman–Crippen LogP) is 3.51. The number of nitrogens with one attached hydrogen (secondary N) is 1. The summed E-state index contributed by atoms with van der Waals surface area (Å²) >= 11 is 0. The molecule has 1 aromatic heterocycles. The molecular formula is C14H9N3O. The molecule has 0 radical (unpaired) electrons. The molecule has 0 aliphatic rings. The van der Waals surface area contributed by atoms with Gasteiger partial charge in [0.05, 0.1) is 5.69 Å². The average Bonchev–Trinajstić information content (AvgIpc) is 2.77. The van der Waals surface area contributed by atoms with Gasteiger partial charge in [0.2, 0.25) is 0 Å². The molecule has 0 fully saturated rings. The molecule has 0 saturated carbocycles. The largest absolute Gasteiger partial charge is 0.456 e. The lowest BCUT2D eigenvalue weighted by molar-refractivity contribution is 0.669. The van der Waals surface area contributed by atoms with E-state index < -0.39 is 0 Å². The SMILES string of the molecule is N#C/C=N/Nc1ccc2oc3ccccc3c2c1. The van der Waals surface area contributed by atoms with Crippen molar-refractivity contribution in [1.29, 1.82) is 5.26 Å². The first-order chi connectivity index (χ1) is 8.88. The molecule has 86 valence electrons. The summed E-state index contributed by atoms with van der Waals surface area (Å²) in [7, 11) is 0. The zero-order valence-corrected chi connectivity index (χ0v) is 9.42. The summed E-state index contributed by atoms with van der Waals surface area (Å²) in [6.07, 6.45) is 1.15. The van der Waals surface area contributed by atoms with Crippen molar-refractivity contribution in [2.75, 3.05) is 5.43 Å². The van der Waals surface area contributed by atoms with Crippen molar-refractivity contribution in [2.45, 2.75) is 0 Å². The topological polar surface area (TPSA) is 61.3 Å². The minimum atomic E-state index is 0.820. The maximum atomic E-state index is 8.37. The van der Waals surface area contributed by atoms with Crippen molar-refractivity contribution in [3.63, 3.8) is 0 Å². The maximum absolute atomic E-state index is 8.37. The minimum absolute atomic E-state index is 0.820. The summed E-state index contributed by atoms with van der Waals surface area (Å²) in [6.45, 7) is 0. The Labute approximate surface area is 103 Å². The zero-order chi connectivity index (χ0) is 12.4. The molecule has 0 spiro atoms. The van der Waals surface area contributed by atoms with Crippen molar-refractivity contribution in [1.82, 2.24) is 0 Å². The number of rotatable bonds is 2. The summed E-state index contributed by atoms with van der Waals surface area (Å²) in [6, 6.07) is 15.4. The van der Waals surface area contributed by atoms with Crippen LogP contribution in [-0.4, -0.2) is 6.21 Å². The number of hydrazone groups is 1. The average molecular weight is 235 g/mol. The first-order valence-corrected chi connectivity index (χ1v) is 5.47. The van der Waals surface area contributed by atoms with E-state index in [0.29, 0.717) is 0 Å². The first-order valence-electron chi connectivity index (χ1n) is 5.47. The van der Waals surface area contributed by atoms with Gasteiger partial charge in [0, 0.05) is 10.8 Å². The fourth-order valence-electron chi connectivity index (χ4n) is 1.93. The van der Waals surface area contributed by atoms with Gasteiger partial charge in [-0.15, -0.1) is 0 Å². The number of furan rings is 1. The Morgan fingerprint density at radius 3 is 2.83 bits per heavy atom. The summed E-state index contributed by atoms with van der Waals surface area (Å²) < 4.78 is 5.71. The fourth-order valence-corrected chi connectivity index (χ4v) is 1.93. The van der Waals surface area contributed by atoms with Crippen molar-refractivity contribution in [2.24, 2.45) is 5.10 Å². The Kier molecular flexibility index (Phi) is 2.43. The van der Waals surface area contributed by atoms with Crippen LogP contribution in [-0.2, 0) is 0 Å². The van der Waals surface area contributed by atoms with Crippen LogP contribution in [0, 0.1) is 11.3 Å². The highest BCUT2D eigenvalue weighted by Gasteiger charge is 2.06. The van der Waals surface area contributed by atoms with E-state index in [2.05, 4.69) is 10.5 Å². The second kappa shape index (κ2) is 4.22. The minimum Gasteiger partial charge on any atom is -0.456 e. The van der Waals surface area contributed by atoms with Gasteiger partial charge in [-0.25, -0.2) is 0 Å². The van der Waals surface area contributed by atoms with Gasteiger partial charge in [-0.1, -0.05) is 18.2 Å². The molecule has 0 atom stereocenters. The lowest BCUT2D eigenvalue weighted by Crippen LogP contribution is -1.87. The quantitative estimate of drug-likeness (QED) is 0.546. The Hall–Kier alpha value is -2.80. The smallest absolute Gasteiger partial charge is 0.135 e. The highest BCUT2D eigenvalue weighted by Crippen LogP contribution is 2.30. The number of hydrogen-bond donors (Lipinski definition) is 1. The summed E-state index contributed by atoms with van der Waals surface area (Å²) in [5, 5.41) is 14.2. The Morgan fingerprint density at radius 1 is 1.11 bits per heavy atom. The van der Waals surface area contributed by atoms with Gasteiger partial charge < -0.3 is 4.42 Å². The van der Waals surface area contributed by atoms with Crippen LogP contribution in [0.3, 0.4) is 0 Å². The van der Waals surface area contributed by atoms with E-state index in [0.717, 1.165) is 33.8 Å². The number of nitrogens with zero attached hydrogens (tertiary/aromatic N) is 2. The van der Waals surface area contributed by atoms with Gasteiger partial charge in [0.25, 0.3) is 0 Å². The third-order valence-electron chi connectivity index (χ3n) is 2.69. The van der Waals surface area contributed by atoms with E-state index in [-0.39, 0.29) is 0 Å². The summed E-state index contributed by atoms with van der Waals surface area (Å²) in [5.41, 5.74) is 5.32. The molecule has 3 aromatic rings. The number of para-hydroxylation sites is 1. The zero-order valence-electron chi connectivity index (χ0n) is 9.42. The first kappa shape index (κ1) is 10.4. The third kappa shape index (κ3) is 1.68. The van der Waals surface area contributed by atoms with Crippen molar-refractivity contribution < 1.29 is 4.42 Å². The highest BCUT2D eigenvalue weighted by atomic mass is 16.3. The van der Waals surface area contributed by atoms with E-state index in [1.165, 1.54) is 0 Å². The number of benzene rings is 2. The molecule has 4 nitrogen and oxygen atoms in total. The van der Waals surface area contributed by atoms with Crippen LogP contribution < -0.4 is 5.43 Å². The summed E-state index contributed by atoms with van der Waals surface area (Å²) in [5.74, 6) is 0. The number of anilines is 1. The number of nitriles is 1. The molecule has 0 bridgehead atoms. The fraction of sp³-hybridized carbons (Fsp3) is 0. The van der Waals surface area contributed by atoms with Gasteiger partial charge in [-0.2, -0.15) is 10.4 Å². The lowest BCUT2D eigenvalue weighted by atomic mass is 10.1. The molecule has 18 heavy (non-hydrogen) atoms. The van der Waals surface area contributed by atoms with Gasteiger partial charge in [0.1, 0.15) is 23.4 Å². The molecule has 0 amide bonds. The second-order valence-corrected chi connectivity index (χ2v) is 3.81. The molecule has 0 unspecified atom stereocenters. The van der Waals surface area contributed by atoms with E-state index >= 15 is 0 Å². The predicted molar refractivity (Wildman–Crippen MR) is 71.4 cm³/mol. The molecule has 1 N–H and O–H groups in total. The molecular weight excluding hydrogens is 226 g/mol. The Morgan fingerprint density at radius 2 is 1.94 bits per heavy atom. The van der Waals surface area contributed by atoms with Crippen molar-refractivity contribution in [3.05, 3.63) is 42.5 Å². The van der Waals surface area contributed by atoms with Gasteiger partial charge in [-0.3, -0.25) is 5.43 Å². The van der Waals surface area contributed by atoms with E-state index in [9.17, 15) is 0 Å². The van der Waals surface area contributed by atoms with Crippen LogP contribution in [0.25, 0.3) is 21.9 Å².